The summed E-state index contributed by atoms with van der Waals surface area (Å²) in [4.78, 5) is 11.3. The lowest BCUT2D eigenvalue weighted by molar-refractivity contribution is -0.124. The van der Waals surface area contributed by atoms with Gasteiger partial charge in [0.1, 0.15) is 0 Å². The third kappa shape index (κ3) is 1.27. The molecule has 0 saturated carbocycles. The average molecular weight is 190 g/mol. The van der Waals surface area contributed by atoms with Gasteiger partial charge in [0.25, 0.3) is 0 Å². The lowest BCUT2D eigenvalue weighted by Crippen LogP contribution is -2.26. The zero-order chi connectivity index (χ0) is 10.2. The monoisotopic (exact) mass is 190 g/mol. The number of Topliss-reactive ketones (excluding diaryl/α,β-unsaturated/α-hetero) is 1. The summed E-state index contributed by atoms with van der Waals surface area (Å²) in [7, 11) is 0. The normalized spacial score (nSPS) is 26.4. The fraction of sp³-hybridized carbons (Fsp3) is 0.250. The first-order chi connectivity index (χ1) is 6.62. The molecule has 72 valence electrons. The molecule has 0 aromatic heterocycles. The summed E-state index contributed by atoms with van der Waals surface area (Å²) in [6.45, 7) is 1.33. The Labute approximate surface area is 82.3 Å². The summed E-state index contributed by atoms with van der Waals surface area (Å²) in [5.41, 5.74) is -0.507. The standard InChI is InChI=1S/C12H11FO/c1-12(13)10(7-8-11(12)14)9-5-3-2-4-6-9/h2-7H,8H2,1H3. The number of halogens is 1. The molecule has 0 N–H and O–H groups in total. The molecule has 2 rings (SSSR count). The van der Waals surface area contributed by atoms with Crippen LogP contribution in [0, 0.1) is 0 Å². The lowest BCUT2D eigenvalue weighted by Gasteiger charge is -2.16. The van der Waals surface area contributed by atoms with Gasteiger partial charge in [-0.2, -0.15) is 0 Å². The van der Waals surface area contributed by atoms with E-state index in [9.17, 15) is 9.18 Å². The van der Waals surface area contributed by atoms with Crippen molar-refractivity contribution in [1.82, 2.24) is 0 Å². The number of allylic oxidation sites excluding steroid dienone is 2. The van der Waals surface area contributed by atoms with Crippen LogP contribution in [0.4, 0.5) is 4.39 Å². The molecule has 1 nitrogen and oxygen atoms in total. The first-order valence-electron chi connectivity index (χ1n) is 4.60. The number of alkyl halides is 1. The Bertz CT molecular complexity index is 390. The van der Waals surface area contributed by atoms with Crippen molar-refractivity contribution >= 4 is 11.4 Å². The van der Waals surface area contributed by atoms with E-state index in [-0.39, 0.29) is 12.2 Å². The molecule has 0 bridgehead atoms. The maximum atomic E-state index is 13.9. The van der Waals surface area contributed by atoms with Crippen molar-refractivity contribution in [3.8, 4) is 0 Å². The van der Waals surface area contributed by atoms with Crippen LogP contribution in [0.15, 0.2) is 36.4 Å². The molecule has 0 fully saturated rings. The highest BCUT2D eigenvalue weighted by atomic mass is 19.1. The smallest absolute Gasteiger partial charge is 0.191 e. The Morgan fingerprint density at radius 1 is 1.29 bits per heavy atom. The van der Waals surface area contributed by atoms with E-state index in [1.54, 1.807) is 6.08 Å². The number of hydrogen-bond acceptors (Lipinski definition) is 1. The topological polar surface area (TPSA) is 17.1 Å². The van der Waals surface area contributed by atoms with Gasteiger partial charge in [-0.15, -0.1) is 0 Å². The SMILES string of the molecule is CC1(F)C(=O)CC=C1c1ccccc1. The van der Waals surface area contributed by atoms with Crippen LogP contribution in [-0.4, -0.2) is 11.5 Å². The molecular weight excluding hydrogens is 179 g/mol. The lowest BCUT2D eigenvalue weighted by atomic mass is 9.93. The van der Waals surface area contributed by atoms with Crippen molar-refractivity contribution in [1.29, 1.82) is 0 Å². The number of rotatable bonds is 1. The van der Waals surface area contributed by atoms with Gasteiger partial charge in [0.2, 0.25) is 0 Å². The molecular formula is C12H11FO. The summed E-state index contributed by atoms with van der Waals surface area (Å²) in [6, 6.07) is 9.20. The predicted molar refractivity (Wildman–Crippen MR) is 53.6 cm³/mol. The minimum Gasteiger partial charge on any atom is -0.295 e. The Kier molecular flexibility index (Phi) is 1.99. The molecule has 0 aliphatic heterocycles. The Balaban J connectivity index is 2.43. The van der Waals surface area contributed by atoms with Crippen molar-refractivity contribution in [3.05, 3.63) is 42.0 Å². The molecule has 0 heterocycles. The molecule has 1 aromatic rings. The molecule has 0 amide bonds. The van der Waals surface area contributed by atoms with Crippen LogP contribution in [0.2, 0.25) is 0 Å². The molecule has 1 aromatic carbocycles. The minimum absolute atomic E-state index is 0.206. The second-order valence-corrected chi connectivity index (χ2v) is 3.61. The molecule has 1 aliphatic rings. The van der Waals surface area contributed by atoms with Gasteiger partial charge in [0, 0.05) is 6.42 Å². The Morgan fingerprint density at radius 2 is 1.93 bits per heavy atom. The Hall–Kier alpha value is -1.44. The van der Waals surface area contributed by atoms with E-state index in [4.69, 9.17) is 0 Å². The van der Waals surface area contributed by atoms with Gasteiger partial charge < -0.3 is 0 Å². The molecule has 0 radical (unpaired) electrons. The number of ketones is 1. The average Bonchev–Trinajstić information content (AvgIpc) is 2.44. The molecule has 2 heteroatoms. The molecule has 0 saturated heterocycles. The fourth-order valence-corrected chi connectivity index (χ4v) is 1.73. The highest BCUT2D eigenvalue weighted by Gasteiger charge is 2.40. The quantitative estimate of drug-likeness (QED) is 0.665. The van der Waals surface area contributed by atoms with E-state index in [2.05, 4.69) is 0 Å². The molecule has 14 heavy (non-hydrogen) atoms. The second-order valence-electron chi connectivity index (χ2n) is 3.61. The van der Waals surface area contributed by atoms with E-state index in [0.717, 1.165) is 5.56 Å². The van der Waals surface area contributed by atoms with Crippen molar-refractivity contribution in [2.45, 2.75) is 19.0 Å². The van der Waals surface area contributed by atoms with E-state index in [1.807, 2.05) is 30.3 Å². The minimum atomic E-state index is -1.80. The van der Waals surface area contributed by atoms with Gasteiger partial charge in [-0.25, -0.2) is 4.39 Å². The van der Waals surface area contributed by atoms with Crippen LogP contribution in [0.5, 0.6) is 0 Å². The fourth-order valence-electron chi connectivity index (χ4n) is 1.73. The van der Waals surface area contributed by atoms with Gasteiger partial charge in [0.05, 0.1) is 0 Å². The van der Waals surface area contributed by atoms with Crippen LogP contribution < -0.4 is 0 Å². The third-order valence-corrected chi connectivity index (χ3v) is 2.61. The first-order valence-corrected chi connectivity index (χ1v) is 4.60. The van der Waals surface area contributed by atoms with Crippen LogP contribution in [0.3, 0.4) is 0 Å². The molecule has 0 spiro atoms. The number of hydrogen-bond donors (Lipinski definition) is 0. The van der Waals surface area contributed by atoms with Gasteiger partial charge in [-0.05, 0) is 18.1 Å². The van der Waals surface area contributed by atoms with E-state index >= 15 is 0 Å². The molecule has 1 unspecified atom stereocenters. The molecule has 1 atom stereocenters. The van der Waals surface area contributed by atoms with Gasteiger partial charge in [-0.1, -0.05) is 36.4 Å². The largest absolute Gasteiger partial charge is 0.295 e. The summed E-state index contributed by atoms with van der Waals surface area (Å²) in [6.07, 6.45) is 1.88. The maximum absolute atomic E-state index is 13.9. The van der Waals surface area contributed by atoms with Crippen LogP contribution in [0.25, 0.3) is 5.57 Å². The number of carbonyl (C=O) groups is 1. The van der Waals surface area contributed by atoms with Crippen LogP contribution >= 0.6 is 0 Å². The van der Waals surface area contributed by atoms with Crippen LogP contribution in [0.1, 0.15) is 18.9 Å². The zero-order valence-electron chi connectivity index (χ0n) is 7.96. The van der Waals surface area contributed by atoms with Crippen molar-refractivity contribution < 1.29 is 9.18 Å². The van der Waals surface area contributed by atoms with Crippen molar-refractivity contribution in [3.63, 3.8) is 0 Å². The van der Waals surface area contributed by atoms with Gasteiger partial charge in [0.15, 0.2) is 11.5 Å². The number of benzene rings is 1. The van der Waals surface area contributed by atoms with Crippen molar-refractivity contribution in [2.24, 2.45) is 0 Å². The first kappa shape index (κ1) is 9.13. The van der Waals surface area contributed by atoms with Crippen molar-refractivity contribution in [2.75, 3.05) is 0 Å². The summed E-state index contributed by atoms with van der Waals surface area (Å²) < 4.78 is 13.9. The maximum Gasteiger partial charge on any atom is 0.191 e. The van der Waals surface area contributed by atoms with Crippen LogP contribution in [-0.2, 0) is 4.79 Å². The summed E-state index contributed by atoms with van der Waals surface area (Å²) in [5.74, 6) is -0.351. The van der Waals surface area contributed by atoms with E-state index < -0.39 is 5.67 Å². The molecule has 1 aliphatic carbocycles. The summed E-state index contributed by atoms with van der Waals surface area (Å²) in [5, 5.41) is 0. The van der Waals surface area contributed by atoms with Gasteiger partial charge in [-0.3, -0.25) is 4.79 Å². The zero-order valence-corrected chi connectivity index (χ0v) is 7.96. The predicted octanol–water partition coefficient (Wildman–Crippen LogP) is 2.77. The second kappa shape index (κ2) is 3.05. The highest BCUT2D eigenvalue weighted by Crippen LogP contribution is 2.37. The Morgan fingerprint density at radius 3 is 2.43 bits per heavy atom. The highest BCUT2D eigenvalue weighted by molar-refractivity contribution is 6.05. The van der Waals surface area contributed by atoms with E-state index in [1.165, 1.54) is 6.92 Å². The number of carbonyl (C=O) groups excluding carboxylic acids is 1. The summed E-state index contributed by atoms with van der Waals surface area (Å²) >= 11 is 0. The van der Waals surface area contributed by atoms with E-state index in [0.29, 0.717) is 5.57 Å². The van der Waals surface area contributed by atoms with Gasteiger partial charge >= 0.3 is 0 Å². The third-order valence-electron chi connectivity index (χ3n) is 2.61.